The monoisotopic (exact) mass is 312 g/mol. The van der Waals surface area contributed by atoms with Crippen LogP contribution in [0.3, 0.4) is 0 Å². The van der Waals surface area contributed by atoms with Gasteiger partial charge in [0.1, 0.15) is 4.90 Å². The fourth-order valence-electron chi connectivity index (χ4n) is 1.57. The largest absolute Gasteiger partial charge is 0.465 e. The lowest BCUT2D eigenvalue weighted by Gasteiger charge is -2.09. The van der Waals surface area contributed by atoms with Crippen LogP contribution in [0.4, 0.5) is 11.4 Å². The molecule has 0 aliphatic rings. The number of methoxy groups -OCH3 is 1. The molecule has 2 rings (SSSR count). The second-order valence-corrected chi connectivity index (χ2v) is 6.29. The van der Waals surface area contributed by atoms with Crippen LogP contribution < -0.4 is 10.5 Å². The molecule has 2 aromatic rings. The molecule has 0 saturated carbocycles. The summed E-state index contributed by atoms with van der Waals surface area (Å²) in [5.41, 5.74) is 6.34. The number of hydrogen-bond acceptors (Lipinski definition) is 6. The van der Waals surface area contributed by atoms with Gasteiger partial charge < -0.3 is 10.5 Å². The Morgan fingerprint density at radius 2 is 2.10 bits per heavy atom. The van der Waals surface area contributed by atoms with E-state index in [9.17, 15) is 13.2 Å². The van der Waals surface area contributed by atoms with Crippen LogP contribution in [-0.4, -0.2) is 21.5 Å². The number of nitrogen functional groups attached to an aromatic ring is 1. The quantitative estimate of drug-likeness (QED) is 0.664. The molecule has 0 saturated heterocycles. The number of ether oxygens (including phenoxy) is 1. The minimum Gasteiger partial charge on any atom is -0.465 e. The Labute approximate surface area is 120 Å². The van der Waals surface area contributed by atoms with Crippen molar-refractivity contribution < 1.29 is 17.9 Å². The summed E-state index contributed by atoms with van der Waals surface area (Å²) in [4.78, 5) is 11.3. The zero-order valence-electron chi connectivity index (χ0n) is 10.5. The van der Waals surface area contributed by atoms with Crippen molar-refractivity contribution in [2.75, 3.05) is 17.6 Å². The SMILES string of the molecule is COC(=O)c1ccc(S(=O)(=O)Nc2ccsc2)c(N)c1. The first-order valence-electron chi connectivity index (χ1n) is 5.47. The maximum atomic E-state index is 12.2. The number of hydrogen-bond donors (Lipinski definition) is 2. The first kappa shape index (κ1) is 14.4. The lowest BCUT2D eigenvalue weighted by Crippen LogP contribution is -2.15. The maximum Gasteiger partial charge on any atom is 0.337 e. The number of nitrogens with two attached hydrogens (primary N) is 1. The number of carbonyl (C=O) groups is 1. The van der Waals surface area contributed by atoms with Crippen molar-refractivity contribution in [1.82, 2.24) is 0 Å². The molecule has 0 radical (unpaired) electrons. The molecule has 20 heavy (non-hydrogen) atoms. The van der Waals surface area contributed by atoms with Gasteiger partial charge in [-0.2, -0.15) is 11.3 Å². The molecule has 106 valence electrons. The molecule has 0 amide bonds. The molecule has 1 heterocycles. The van der Waals surface area contributed by atoms with E-state index in [0.717, 1.165) is 0 Å². The van der Waals surface area contributed by atoms with Crippen LogP contribution in [-0.2, 0) is 14.8 Å². The number of esters is 1. The Morgan fingerprint density at radius 1 is 1.35 bits per heavy atom. The smallest absolute Gasteiger partial charge is 0.337 e. The van der Waals surface area contributed by atoms with E-state index in [4.69, 9.17) is 5.73 Å². The highest BCUT2D eigenvalue weighted by Crippen LogP contribution is 2.24. The molecule has 1 aromatic carbocycles. The van der Waals surface area contributed by atoms with E-state index in [1.54, 1.807) is 16.8 Å². The van der Waals surface area contributed by atoms with E-state index in [2.05, 4.69) is 9.46 Å². The van der Waals surface area contributed by atoms with Gasteiger partial charge in [0.25, 0.3) is 10.0 Å². The zero-order chi connectivity index (χ0) is 14.8. The average molecular weight is 312 g/mol. The summed E-state index contributed by atoms with van der Waals surface area (Å²) >= 11 is 1.37. The predicted molar refractivity (Wildman–Crippen MR) is 77.3 cm³/mol. The van der Waals surface area contributed by atoms with Crippen molar-refractivity contribution in [3.8, 4) is 0 Å². The molecular weight excluding hydrogens is 300 g/mol. The Balaban J connectivity index is 2.35. The van der Waals surface area contributed by atoms with Crippen LogP contribution in [0.2, 0.25) is 0 Å². The van der Waals surface area contributed by atoms with Crippen LogP contribution in [0.1, 0.15) is 10.4 Å². The summed E-state index contributed by atoms with van der Waals surface area (Å²) in [6.45, 7) is 0. The molecule has 0 atom stereocenters. The molecular formula is C12H12N2O4S2. The van der Waals surface area contributed by atoms with Gasteiger partial charge in [0, 0.05) is 5.38 Å². The van der Waals surface area contributed by atoms with Gasteiger partial charge in [0.05, 0.1) is 24.0 Å². The summed E-state index contributed by atoms with van der Waals surface area (Å²) in [5, 5.41) is 3.41. The van der Waals surface area contributed by atoms with Crippen molar-refractivity contribution in [3.63, 3.8) is 0 Å². The van der Waals surface area contributed by atoms with E-state index in [1.807, 2.05) is 0 Å². The number of rotatable bonds is 4. The normalized spacial score (nSPS) is 11.1. The van der Waals surface area contributed by atoms with Gasteiger partial charge in [-0.1, -0.05) is 0 Å². The third-order valence-corrected chi connectivity index (χ3v) is 4.63. The van der Waals surface area contributed by atoms with Gasteiger partial charge >= 0.3 is 5.97 Å². The Morgan fingerprint density at radius 3 is 2.65 bits per heavy atom. The van der Waals surface area contributed by atoms with Gasteiger partial charge in [-0.25, -0.2) is 13.2 Å². The number of sulfonamides is 1. The standard InChI is InChI=1S/C12H12N2O4S2/c1-18-12(15)8-2-3-11(10(13)6-8)20(16,17)14-9-4-5-19-7-9/h2-7,14H,13H2,1H3. The van der Waals surface area contributed by atoms with Crippen LogP contribution in [0.25, 0.3) is 0 Å². The van der Waals surface area contributed by atoms with Crippen molar-refractivity contribution in [2.24, 2.45) is 0 Å². The Kier molecular flexibility index (Phi) is 3.96. The number of benzene rings is 1. The zero-order valence-corrected chi connectivity index (χ0v) is 12.1. The third kappa shape index (κ3) is 2.91. The predicted octanol–water partition coefficient (Wildman–Crippen LogP) is 1.92. The average Bonchev–Trinajstić information content (AvgIpc) is 2.89. The molecule has 0 spiro atoms. The maximum absolute atomic E-state index is 12.2. The first-order valence-corrected chi connectivity index (χ1v) is 7.89. The lowest BCUT2D eigenvalue weighted by molar-refractivity contribution is 0.0600. The van der Waals surface area contributed by atoms with Crippen molar-refractivity contribution in [1.29, 1.82) is 0 Å². The molecule has 3 N–H and O–H groups in total. The number of anilines is 2. The highest BCUT2D eigenvalue weighted by Gasteiger charge is 2.19. The van der Waals surface area contributed by atoms with Gasteiger partial charge in [-0.15, -0.1) is 0 Å². The molecule has 6 nitrogen and oxygen atoms in total. The number of thiophene rings is 1. The van der Waals surface area contributed by atoms with Crippen LogP contribution >= 0.6 is 11.3 Å². The summed E-state index contributed by atoms with van der Waals surface area (Å²) in [6.07, 6.45) is 0. The molecule has 0 aliphatic heterocycles. The highest BCUT2D eigenvalue weighted by molar-refractivity contribution is 7.92. The van der Waals surface area contributed by atoms with E-state index in [0.29, 0.717) is 5.69 Å². The second-order valence-electron chi connectivity index (χ2n) is 3.86. The van der Waals surface area contributed by atoms with Crippen LogP contribution in [0.5, 0.6) is 0 Å². The number of nitrogens with one attached hydrogen (secondary N) is 1. The topological polar surface area (TPSA) is 98.5 Å². The van der Waals surface area contributed by atoms with Gasteiger partial charge in [-0.3, -0.25) is 4.72 Å². The summed E-state index contributed by atoms with van der Waals surface area (Å²) in [7, 11) is -2.55. The Bertz CT molecular complexity index is 724. The molecule has 0 bridgehead atoms. The molecule has 8 heteroatoms. The minimum absolute atomic E-state index is 0.0179. The summed E-state index contributed by atoms with van der Waals surface area (Å²) in [5.74, 6) is -0.577. The molecule has 0 unspecified atom stereocenters. The van der Waals surface area contributed by atoms with E-state index >= 15 is 0 Å². The van der Waals surface area contributed by atoms with Gasteiger partial charge in [-0.05, 0) is 29.6 Å². The van der Waals surface area contributed by atoms with Crippen molar-refractivity contribution in [3.05, 3.63) is 40.6 Å². The molecule has 0 fully saturated rings. The highest BCUT2D eigenvalue weighted by atomic mass is 32.2. The van der Waals surface area contributed by atoms with E-state index in [1.165, 1.54) is 36.6 Å². The van der Waals surface area contributed by atoms with E-state index < -0.39 is 16.0 Å². The lowest BCUT2D eigenvalue weighted by atomic mass is 10.2. The third-order valence-electron chi connectivity index (χ3n) is 2.49. The van der Waals surface area contributed by atoms with Crippen LogP contribution in [0.15, 0.2) is 39.9 Å². The van der Waals surface area contributed by atoms with Crippen molar-refractivity contribution >= 4 is 38.7 Å². The fraction of sp³-hybridized carbons (Fsp3) is 0.0833. The van der Waals surface area contributed by atoms with Gasteiger partial charge in [0.15, 0.2) is 0 Å². The fourth-order valence-corrected chi connectivity index (χ4v) is 3.40. The van der Waals surface area contributed by atoms with E-state index in [-0.39, 0.29) is 16.1 Å². The molecule has 1 aromatic heterocycles. The summed E-state index contributed by atoms with van der Waals surface area (Å²) < 4.78 is 31.3. The first-order chi connectivity index (χ1) is 9.44. The Hall–Kier alpha value is -2.06. The minimum atomic E-state index is -3.78. The summed E-state index contributed by atoms with van der Waals surface area (Å²) in [6, 6.07) is 5.54. The van der Waals surface area contributed by atoms with Gasteiger partial charge in [0.2, 0.25) is 0 Å². The second kappa shape index (κ2) is 5.51. The molecule has 0 aliphatic carbocycles. The number of carbonyl (C=O) groups excluding carboxylic acids is 1. The van der Waals surface area contributed by atoms with Crippen LogP contribution in [0, 0.1) is 0 Å². The van der Waals surface area contributed by atoms with Crippen molar-refractivity contribution in [2.45, 2.75) is 4.90 Å².